The summed E-state index contributed by atoms with van der Waals surface area (Å²) in [5.74, 6) is 1.04. The molecule has 0 aromatic heterocycles. The van der Waals surface area contributed by atoms with Crippen LogP contribution in [0.25, 0.3) is 0 Å². The highest BCUT2D eigenvalue weighted by Gasteiger charge is 2.20. The standard InChI is InChI=1S/C20H32N4O.C2H6.H2O/c1-4-6-13-21-18-15-22-20(25-14-7-5-2)23-19(18)24(3)16-17-11-9-8-10-12-17;1-2;/h8-12,15,20-21,23H,4-7,13-14,16H2,1-3H3;1-2H3;1H2. The molecular weight excluding hydrogens is 352 g/mol. The van der Waals surface area contributed by atoms with Crippen LogP contribution >= 0.6 is 0 Å². The topological polar surface area (TPSA) is 80.4 Å². The summed E-state index contributed by atoms with van der Waals surface area (Å²) >= 11 is 0. The largest absolute Gasteiger partial charge is 0.412 e. The Morgan fingerprint density at radius 3 is 2.43 bits per heavy atom. The smallest absolute Gasteiger partial charge is 0.226 e. The van der Waals surface area contributed by atoms with Crippen LogP contribution in [0.4, 0.5) is 0 Å². The van der Waals surface area contributed by atoms with Gasteiger partial charge in [0.15, 0.2) is 0 Å². The van der Waals surface area contributed by atoms with Gasteiger partial charge < -0.3 is 25.7 Å². The summed E-state index contributed by atoms with van der Waals surface area (Å²) in [4.78, 5) is 6.71. The van der Waals surface area contributed by atoms with Crippen LogP contribution in [0.3, 0.4) is 0 Å². The Kier molecular flexibility index (Phi) is 14.8. The molecule has 1 aromatic carbocycles. The van der Waals surface area contributed by atoms with Crippen molar-refractivity contribution in [3.63, 3.8) is 0 Å². The van der Waals surface area contributed by atoms with E-state index in [9.17, 15) is 0 Å². The second-order valence-electron chi connectivity index (χ2n) is 6.38. The van der Waals surface area contributed by atoms with E-state index in [1.54, 1.807) is 0 Å². The van der Waals surface area contributed by atoms with Gasteiger partial charge in [-0.2, -0.15) is 0 Å². The van der Waals surface area contributed by atoms with Gasteiger partial charge in [0.1, 0.15) is 5.82 Å². The van der Waals surface area contributed by atoms with E-state index in [0.717, 1.165) is 50.5 Å². The molecule has 1 atom stereocenters. The van der Waals surface area contributed by atoms with Gasteiger partial charge in [0, 0.05) is 20.1 Å². The van der Waals surface area contributed by atoms with Crippen molar-refractivity contribution in [3.05, 3.63) is 47.4 Å². The van der Waals surface area contributed by atoms with Gasteiger partial charge in [-0.15, -0.1) is 0 Å². The van der Waals surface area contributed by atoms with Gasteiger partial charge in [-0.1, -0.05) is 70.9 Å². The third kappa shape index (κ3) is 9.24. The lowest BCUT2D eigenvalue weighted by Gasteiger charge is -2.31. The van der Waals surface area contributed by atoms with E-state index in [0.29, 0.717) is 0 Å². The molecule has 0 bridgehead atoms. The first-order valence-electron chi connectivity index (χ1n) is 10.4. The second kappa shape index (κ2) is 16.0. The summed E-state index contributed by atoms with van der Waals surface area (Å²) in [5.41, 5.74) is 2.31. The fourth-order valence-electron chi connectivity index (χ4n) is 2.64. The molecule has 6 nitrogen and oxygen atoms in total. The summed E-state index contributed by atoms with van der Waals surface area (Å²) in [6.45, 7) is 10.9. The van der Waals surface area contributed by atoms with Crippen LogP contribution in [0.2, 0.25) is 0 Å². The van der Waals surface area contributed by atoms with Crippen molar-refractivity contribution >= 4 is 6.21 Å². The Hall–Kier alpha value is -2.05. The summed E-state index contributed by atoms with van der Waals surface area (Å²) in [7, 11) is 2.10. The first-order valence-corrected chi connectivity index (χ1v) is 10.4. The zero-order valence-electron chi connectivity index (χ0n) is 18.3. The molecule has 1 unspecified atom stereocenters. The maximum atomic E-state index is 5.83. The number of allylic oxidation sites excluding steroid dienone is 1. The number of unbranched alkanes of at least 4 members (excludes halogenated alkanes) is 2. The maximum Gasteiger partial charge on any atom is 0.226 e. The maximum absolute atomic E-state index is 5.83. The molecule has 1 heterocycles. The lowest BCUT2D eigenvalue weighted by atomic mass is 10.2. The summed E-state index contributed by atoms with van der Waals surface area (Å²) in [6.07, 6.45) is 6.08. The molecule has 160 valence electrons. The Balaban J connectivity index is 0.00000235. The van der Waals surface area contributed by atoms with E-state index in [1.165, 1.54) is 12.0 Å². The van der Waals surface area contributed by atoms with Crippen LogP contribution in [0.5, 0.6) is 0 Å². The normalized spacial score (nSPS) is 15.1. The number of ether oxygens (including phenoxy) is 1. The summed E-state index contributed by atoms with van der Waals surface area (Å²) in [6, 6.07) is 10.5. The Labute approximate surface area is 171 Å². The Morgan fingerprint density at radius 2 is 1.79 bits per heavy atom. The van der Waals surface area contributed by atoms with Crippen molar-refractivity contribution < 1.29 is 10.2 Å². The average Bonchev–Trinajstić information content (AvgIpc) is 2.71. The van der Waals surface area contributed by atoms with Gasteiger partial charge in [-0.05, 0) is 18.4 Å². The molecule has 0 amide bonds. The first-order chi connectivity index (χ1) is 13.2. The molecule has 4 N–H and O–H groups in total. The highest BCUT2D eigenvalue weighted by atomic mass is 16.5. The molecule has 0 fully saturated rings. The second-order valence-corrected chi connectivity index (χ2v) is 6.38. The van der Waals surface area contributed by atoms with E-state index in [2.05, 4.69) is 65.7 Å². The number of aliphatic imine (C=N–C) groups is 1. The molecule has 2 rings (SSSR count). The molecule has 6 heteroatoms. The van der Waals surface area contributed by atoms with Gasteiger partial charge in [0.25, 0.3) is 0 Å². The molecule has 0 radical (unpaired) electrons. The molecule has 0 saturated carbocycles. The minimum atomic E-state index is -0.309. The van der Waals surface area contributed by atoms with Crippen molar-refractivity contribution in [2.45, 2.75) is 66.3 Å². The van der Waals surface area contributed by atoms with Crippen LogP contribution in [0.15, 0.2) is 46.8 Å². The molecule has 0 aliphatic carbocycles. The fraction of sp³-hybridized carbons (Fsp3) is 0.591. The SMILES string of the molecule is CC.CCCCNC1=C(N(C)Cc2ccccc2)NC(OCCCC)N=C1.O. The molecule has 0 spiro atoms. The van der Waals surface area contributed by atoms with Crippen molar-refractivity contribution in [1.29, 1.82) is 0 Å². The number of nitrogens with one attached hydrogen (secondary N) is 2. The molecular formula is C22H40N4O2. The van der Waals surface area contributed by atoms with E-state index in [4.69, 9.17) is 4.74 Å². The number of hydrogen-bond acceptors (Lipinski definition) is 5. The molecule has 28 heavy (non-hydrogen) atoms. The van der Waals surface area contributed by atoms with E-state index >= 15 is 0 Å². The molecule has 1 aliphatic rings. The van der Waals surface area contributed by atoms with Crippen LogP contribution in [0.1, 0.15) is 58.9 Å². The molecule has 1 aromatic rings. The molecule has 1 aliphatic heterocycles. The zero-order valence-corrected chi connectivity index (χ0v) is 18.3. The third-order valence-corrected chi connectivity index (χ3v) is 4.12. The predicted octanol–water partition coefficient (Wildman–Crippen LogP) is 3.65. The van der Waals surface area contributed by atoms with Crippen LogP contribution in [-0.4, -0.2) is 43.1 Å². The van der Waals surface area contributed by atoms with Crippen LogP contribution < -0.4 is 10.6 Å². The quantitative estimate of drug-likeness (QED) is 0.563. The summed E-state index contributed by atoms with van der Waals surface area (Å²) in [5, 5.41) is 6.93. The summed E-state index contributed by atoms with van der Waals surface area (Å²) < 4.78 is 5.83. The molecule has 0 saturated heterocycles. The van der Waals surface area contributed by atoms with E-state index in [1.807, 2.05) is 26.1 Å². The van der Waals surface area contributed by atoms with Crippen molar-refractivity contribution in [1.82, 2.24) is 15.5 Å². The Bertz CT molecular complexity index is 561. The number of benzene rings is 1. The minimum Gasteiger partial charge on any atom is -0.412 e. The first kappa shape index (κ1) is 26.0. The zero-order chi connectivity index (χ0) is 19.9. The van der Waals surface area contributed by atoms with Crippen molar-refractivity contribution in [2.75, 3.05) is 20.2 Å². The minimum absolute atomic E-state index is 0. The third-order valence-electron chi connectivity index (χ3n) is 4.12. The highest BCUT2D eigenvalue weighted by molar-refractivity contribution is 5.79. The van der Waals surface area contributed by atoms with Gasteiger partial charge >= 0.3 is 0 Å². The van der Waals surface area contributed by atoms with Crippen molar-refractivity contribution in [3.8, 4) is 0 Å². The van der Waals surface area contributed by atoms with Crippen molar-refractivity contribution in [2.24, 2.45) is 4.99 Å². The number of hydrogen-bond donors (Lipinski definition) is 2. The van der Waals surface area contributed by atoms with E-state index < -0.39 is 0 Å². The predicted molar refractivity (Wildman–Crippen MR) is 119 cm³/mol. The monoisotopic (exact) mass is 392 g/mol. The van der Waals surface area contributed by atoms with Gasteiger partial charge in [0.05, 0.1) is 18.5 Å². The van der Waals surface area contributed by atoms with Gasteiger partial charge in [0.2, 0.25) is 6.35 Å². The number of rotatable bonds is 11. The lowest BCUT2D eigenvalue weighted by molar-refractivity contribution is 0.0337. The van der Waals surface area contributed by atoms with Crippen LogP contribution in [-0.2, 0) is 11.3 Å². The van der Waals surface area contributed by atoms with E-state index in [-0.39, 0.29) is 11.8 Å². The van der Waals surface area contributed by atoms with Gasteiger partial charge in [-0.25, -0.2) is 4.99 Å². The van der Waals surface area contributed by atoms with Gasteiger partial charge in [-0.3, -0.25) is 0 Å². The average molecular weight is 393 g/mol. The van der Waals surface area contributed by atoms with Crippen LogP contribution in [0, 0.1) is 0 Å². The lowest BCUT2D eigenvalue weighted by Crippen LogP contribution is -2.42. The fourth-order valence-corrected chi connectivity index (χ4v) is 2.64. The Morgan fingerprint density at radius 1 is 1.11 bits per heavy atom. The number of nitrogens with zero attached hydrogens (tertiary/aromatic N) is 2. The highest BCUT2D eigenvalue weighted by Crippen LogP contribution is 2.14.